The van der Waals surface area contributed by atoms with Gasteiger partial charge in [-0.15, -0.1) is 0 Å². The molecule has 1 fully saturated rings. The number of ether oxygens (including phenoxy) is 1. The van der Waals surface area contributed by atoms with E-state index in [9.17, 15) is 4.79 Å². The topological polar surface area (TPSA) is 41.6 Å². The Morgan fingerprint density at radius 1 is 1.41 bits per heavy atom. The number of benzene rings is 1. The second kappa shape index (κ2) is 5.08. The summed E-state index contributed by atoms with van der Waals surface area (Å²) in [4.78, 5) is 13.5. The highest BCUT2D eigenvalue weighted by atomic mass is 16.5. The molecule has 2 rings (SSSR count). The quantitative estimate of drug-likeness (QED) is 0.843. The maximum atomic E-state index is 11.7. The minimum absolute atomic E-state index is 0.0465. The summed E-state index contributed by atoms with van der Waals surface area (Å²) in [6.07, 6.45) is 2.25. The van der Waals surface area contributed by atoms with E-state index in [0.29, 0.717) is 6.04 Å². The molecule has 1 saturated carbocycles. The second-order valence-corrected chi connectivity index (χ2v) is 4.30. The zero-order valence-electron chi connectivity index (χ0n) is 10.3. The smallest absolute Gasteiger partial charge is 0.260 e. The second-order valence-electron chi connectivity index (χ2n) is 4.30. The standard InChI is InChI=1S/C13H18N2O2/c1-14-10-3-7-12(8-4-10)17-9-13(16)15(2)11-5-6-11/h3-4,7-8,11,14H,5-6,9H2,1-2H3. The fourth-order valence-corrected chi connectivity index (χ4v) is 1.63. The third-order valence-electron chi connectivity index (χ3n) is 2.99. The Balaban J connectivity index is 1.82. The van der Waals surface area contributed by atoms with Gasteiger partial charge in [0.25, 0.3) is 5.91 Å². The highest BCUT2D eigenvalue weighted by Gasteiger charge is 2.29. The summed E-state index contributed by atoms with van der Waals surface area (Å²) in [5.41, 5.74) is 1.03. The van der Waals surface area contributed by atoms with Gasteiger partial charge in [-0.3, -0.25) is 4.79 Å². The summed E-state index contributed by atoms with van der Waals surface area (Å²) < 4.78 is 5.45. The Kier molecular flexibility index (Phi) is 3.52. The van der Waals surface area contributed by atoms with Gasteiger partial charge in [0.1, 0.15) is 5.75 Å². The van der Waals surface area contributed by atoms with Crippen molar-refractivity contribution in [1.82, 2.24) is 4.90 Å². The van der Waals surface area contributed by atoms with Crippen LogP contribution in [0.25, 0.3) is 0 Å². The molecule has 1 aliphatic carbocycles. The zero-order chi connectivity index (χ0) is 12.3. The minimum Gasteiger partial charge on any atom is -0.484 e. The van der Waals surface area contributed by atoms with Crippen LogP contribution in [0.15, 0.2) is 24.3 Å². The van der Waals surface area contributed by atoms with Crippen molar-refractivity contribution in [2.45, 2.75) is 18.9 Å². The minimum atomic E-state index is 0.0465. The van der Waals surface area contributed by atoms with Gasteiger partial charge in [0, 0.05) is 25.8 Å². The Bertz CT molecular complexity index is 385. The number of likely N-dealkylation sites (N-methyl/N-ethyl adjacent to an activating group) is 1. The fraction of sp³-hybridized carbons (Fsp3) is 0.462. The molecule has 0 spiro atoms. The molecule has 4 heteroatoms. The third-order valence-corrected chi connectivity index (χ3v) is 2.99. The third kappa shape index (κ3) is 3.12. The summed E-state index contributed by atoms with van der Waals surface area (Å²) in [6, 6.07) is 8.00. The molecule has 0 aromatic heterocycles. The van der Waals surface area contributed by atoms with Gasteiger partial charge >= 0.3 is 0 Å². The monoisotopic (exact) mass is 234 g/mol. The molecule has 4 nitrogen and oxygen atoms in total. The average Bonchev–Trinajstić information content (AvgIpc) is 3.20. The normalized spacial score (nSPS) is 14.2. The number of nitrogens with one attached hydrogen (secondary N) is 1. The molecule has 1 aromatic carbocycles. The maximum absolute atomic E-state index is 11.7. The number of hydrogen-bond acceptors (Lipinski definition) is 3. The number of carbonyl (C=O) groups is 1. The van der Waals surface area contributed by atoms with Crippen LogP contribution in [0, 0.1) is 0 Å². The number of rotatable bonds is 5. The summed E-state index contributed by atoms with van der Waals surface area (Å²) in [5.74, 6) is 0.770. The molecule has 0 atom stereocenters. The van der Waals surface area contributed by atoms with Crippen molar-refractivity contribution in [1.29, 1.82) is 0 Å². The molecule has 0 bridgehead atoms. The van der Waals surface area contributed by atoms with Gasteiger partial charge in [0.2, 0.25) is 0 Å². The molecule has 1 amide bonds. The summed E-state index contributed by atoms with van der Waals surface area (Å²) in [6.45, 7) is 0.117. The predicted molar refractivity (Wildman–Crippen MR) is 67.3 cm³/mol. The molecule has 0 saturated heterocycles. The van der Waals surface area contributed by atoms with Gasteiger partial charge in [-0.25, -0.2) is 0 Å². The van der Waals surface area contributed by atoms with Gasteiger partial charge in [-0.05, 0) is 37.1 Å². The van der Waals surface area contributed by atoms with Crippen LogP contribution < -0.4 is 10.1 Å². The lowest BCUT2D eigenvalue weighted by Crippen LogP contribution is -2.33. The Morgan fingerprint density at radius 3 is 2.59 bits per heavy atom. The van der Waals surface area contributed by atoms with Crippen LogP contribution in [0.1, 0.15) is 12.8 Å². The molecular formula is C13H18N2O2. The Labute approximate surface area is 102 Å². The van der Waals surface area contributed by atoms with E-state index in [1.807, 2.05) is 38.4 Å². The van der Waals surface area contributed by atoms with Crippen LogP contribution in [0.2, 0.25) is 0 Å². The summed E-state index contributed by atoms with van der Waals surface area (Å²) in [7, 11) is 3.71. The van der Waals surface area contributed by atoms with E-state index >= 15 is 0 Å². The van der Waals surface area contributed by atoms with Crippen molar-refractivity contribution in [2.75, 3.05) is 26.0 Å². The van der Waals surface area contributed by atoms with Crippen LogP contribution in [0.5, 0.6) is 5.75 Å². The molecule has 1 aliphatic rings. The van der Waals surface area contributed by atoms with Crippen LogP contribution in [0.3, 0.4) is 0 Å². The number of anilines is 1. The van der Waals surface area contributed by atoms with Crippen molar-refractivity contribution in [3.63, 3.8) is 0 Å². The van der Waals surface area contributed by atoms with Crippen molar-refractivity contribution in [3.05, 3.63) is 24.3 Å². The van der Waals surface area contributed by atoms with E-state index < -0.39 is 0 Å². The highest BCUT2D eigenvalue weighted by molar-refractivity contribution is 5.78. The fourth-order valence-electron chi connectivity index (χ4n) is 1.63. The van der Waals surface area contributed by atoms with Crippen molar-refractivity contribution >= 4 is 11.6 Å². The van der Waals surface area contributed by atoms with Crippen LogP contribution in [-0.2, 0) is 4.79 Å². The number of nitrogens with zero attached hydrogens (tertiary/aromatic N) is 1. The summed E-state index contributed by atoms with van der Waals surface area (Å²) in [5, 5.41) is 3.03. The lowest BCUT2D eigenvalue weighted by atomic mass is 10.3. The maximum Gasteiger partial charge on any atom is 0.260 e. The first-order chi connectivity index (χ1) is 8.20. The van der Waals surface area contributed by atoms with E-state index in [-0.39, 0.29) is 12.5 Å². The van der Waals surface area contributed by atoms with Gasteiger partial charge in [-0.1, -0.05) is 0 Å². The van der Waals surface area contributed by atoms with Gasteiger partial charge in [0.15, 0.2) is 6.61 Å². The first-order valence-electron chi connectivity index (χ1n) is 5.87. The molecule has 92 valence electrons. The Hall–Kier alpha value is -1.71. The number of amides is 1. The van der Waals surface area contributed by atoms with E-state index in [1.165, 1.54) is 0 Å². The van der Waals surface area contributed by atoms with E-state index in [1.54, 1.807) is 4.90 Å². The van der Waals surface area contributed by atoms with Crippen LogP contribution in [-0.4, -0.2) is 37.6 Å². The molecule has 0 heterocycles. The highest BCUT2D eigenvalue weighted by Crippen LogP contribution is 2.25. The van der Waals surface area contributed by atoms with Crippen molar-refractivity contribution in [2.24, 2.45) is 0 Å². The lowest BCUT2D eigenvalue weighted by molar-refractivity contribution is -0.132. The molecular weight excluding hydrogens is 216 g/mol. The molecule has 17 heavy (non-hydrogen) atoms. The predicted octanol–water partition coefficient (Wildman–Crippen LogP) is 1.73. The zero-order valence-corrected chi connectivity index (χ0v) is 10.3. The van der Waals surface area contributed by atoms with Gasteiger partial charge in [-0.2, -0.15) is 0 Å². The first-order valence-corrected chi connectivity index (χ1v) is 5.87. The van der Waals surface area contributed by atoms with Gasteiger partial charge in [0.05, 0.1) is 0 Å². The summed E-state index contributed by atoms with van der Waals surface area (Å²) >= 11 is 0. The van der Waals surface area contributed by atoms with E-state index in [0.717, 1.165) is 24.3 Å². The molecule has 1 aromatic rings. The van der Waals surface area contributed by atoms with E-state index in [2.05, 4.69) is 5.32 Å². The average molecular weight is 234 g/mol. The number of hydrogen-bond donors (Lipinski definition) is 1. The first kappa shape index (κ1) is 11.8. The molecule has 0 aliphatic heterocycles. The van der Waals surface area contributed by atoms with Crippen molar-refractivity contribution < 1.29 is 9.53 Å². The molecule has 0 radical (unpaired) electrons. The van der Waals surface area contributed by atoms with E-state index in [4.69, 9.17) is 4.74 Å². The largest absolute Gasteiger partial charge is 0.484 e. The number of carbonyl (C=O) groups excluding carboxylic acids is 1. The lowest BCUT2D eigenvalue weighted by Gasteiger charge is -2.16. The van der Waals surface area contributed by atoms with Crippen LogP contribution in [0.4, 0.5) is 5.69 Å². The molecule has 1 N–H and O–H groups in total. The van der Waals surface area contributed by atoms with Crippen LogP contribution >= 0.6 is 0 Å². The SMILES string of the molecule is CNc1ccc(OCC(=O)N(C)C2CC2)cc1. The van der Waals surface area contributed by atoms with Gasteiger partial charge < -0.3 is 15.0 Å². The van der Waals surface area contributed by atoms with Crippen molar-refractivity contribution in [3.8, 4) is 5.75 Å². The Morgan fingerprint density at radius 2 is 2.06 bits per heavy atom. The molecule has 0 unspecified atom stereocenters.